The van der Waals surface area contributed by atoms with Gasteiger partial charge in [0.2, 0.25) is 12.2 Å². The van der Waals surface area contributed by atoms with Crippen LogP contribution < -0.4 is 25.3 Å². The molecule has 0 radical (unpaired) electrons. The highest BCUT2D eigenvalue weighted by Gasteiger charge is 2.20. The van der Waals surface area contributed by atoms with E-state index < -0.39 is 17.3 Å². The zero-order valence-electron chi connectivity index (χ0n) is 13.0. The largest absolute Gasteiger partial charge is 0.550 e. The van der Waals surface area contributed by atoms with Crippen LogP contribution in [0.1, 0.15) is 23.7 Å². The number of hydrogen-bond acceptors (Lipinski definition) is 6. The molecular formula is C16H15N2O6-. The molecular weight excluding hydrogens is 316 g/mol. The highest BCUT2D eigenvalue weighted by molar-refractivity contribution is 5.98. The summed E-state index contributed by atoms with van der Waals surface area (Å²) in [4.78, 5) is 35.2. The molecule has 1 N–H and O–H groups in total. The van der Waals surface area contributed by atoms with E-state index in [4.69, 9.17) is 9.47 Å². The number of pyridine rings is 1. The minimum absolute atomic E-state index is 0.0541. The first-order valence-electron chi connectivity index (χ1n) is 7.46. The molecule has 8 nitrogen and oxygen atoms in total. The number of benzene rings is 1. The van der Waals surface area contributed by atoms with E-state index in [9.17, 15) is 19.5 Å². The summed E-state index contributed by atoms with van der Waals surface area (Å²) in [5.74, 6) is -0.887. The van der Waals surface area contributed by atoms with Gasteiger partial charge in [-0.25, -0.2) is 0 Å². The van der Waals surface area contributed by atoms with Crippen LogP contribution in [-0.4, -0.2) is 29.8 Å². The third-order valence-corrected chi connectivity index (χ3v) is 3.77. The summed E-state index contributed by atoms with van der Waals surface area (Å²) >= 11 is 0. The van der Waals surface area contributed by atoms with E-state index in [-0.39, 0.29) is 25.3 Å². The van der Waals surface area contributed by atoms with Crippen molar-refractivity contribution >= 4 is 22.8 Å². The second-order valence-corrected chi connectivity index (χ2v) is 5.26. The standard InChI is InChI=1S/C16H16N2O6/c1-2-18-7-10(16(22)17-4-3-14(19)20)15(21)9-5-12-13(6-11(9)18)24-8-23-12/h5-7H,2-4,8H2,1H3,(H,17,22)(H,19,20)/p-1. The number of carbonyl (C=O) groups excluding carboxylic acids is 2. The van der Waals surface area contributed by atoms with Gasteiger partial charge in [0.25, 0.3) is 5.91 Å². The van der Waals surface area contributed by atoms with E-state index in [1.165, 1.54) is 6.20 Å². The molecule has 24 heavy (non-hydrogen) atoms. The number of carboxylic acid groups (broad SMARTS) is 1. The Labute approximate surface area is 136 Å². The summed E-state index contributed by atoms with van der Waals surface area (Å²) < 4.78 is 12.4. The minimum atomic E-state index is -1.27. The number of amides is 1. The zero-order valence-corrected chi connectivity index (χ0v) is 13.0. The van der Waals surface area contributed by atoms with Crippen LogP contribution in [-0.2, 0) is 11.3 Å². The molecule has 1 aromatic heterocycles. The molecule has 0 spiro atoms. The number of rotatable bonds is 5. The number of carboxylic acids is 1. The molecule has 0 aliphatic carbocycles. The highest BCUT2D eigenvalue weighted by Crippen LogP contribution is 2.35. The third-order valence-electron chi connectivity index (χ3n) is 3.77. The topological polar surface area (TPSA) is 110 Å². The first-order valence-corrected chi connectivity index (χ1v) is 7.46. The van der Waals surface area contributed by atoms with E-state index >= 15 is 0 Å². The Hall–Kier alpha value is -3.03. The van der Waals surface area contributed by atoms with Gasteiger partial charge in [-0.3, -0.25) is 9.59 Å². The average Bonchev–Trinajstić information content (AvgIpc) is 3.00. The van der Waals surface area contributed by atoms with Gasteiger partial charge < -0.3 is 29.3 Å². The number of nitrogens with zero attached hydrogens (tertiary/aromatic N) is 1. The van der Waals surface area contributed by atoms with Gasteiger partial charge in [0, 0.05) is 37.7 Å². The van der Waals surface area contributed by atoms with Gasteiger partial charge in [-0.15, -0.1) is 0 Å². The average molecular weight is 331 g/mol. The number of carbonyl (C=O) groups is 2. The molecule has 2 aromatic rings. The molecule has 0 bridgehead atoms. The smallest absolute Gasteiger partial charge is 0.256 e. The summed E-state index contributed by atoms with van der Waals surface area (Å²) in [6, 6.07) is 3.27. The van der Waals surface area contributed by atoms with Gasteiger partial charge in [0.05, 0.1) is 10.9 Å². The van der Waals surface area contributed by atoms with Crippen LogP contribution >= 0.6 is 0 Å². The number of nitrogens with one attached hydrogen (secondary N) is 1. The maximum Gasteiger partial charge on any atom is 0.256 e. The molecule has 0 saturated heterocycles. The van der Waals surface area contributed by atoms with Crippen molar-refractivity contribution in [1.29, 1.82) is 0 Å². The fraction of sp³-hybridized carbons (Fsp3) is 0.312. The number of aromatic nitrogens is 1. The van der Waals surface area contributed by atoms with Crippen LogP contribution in [0.2, 0.25) is 0 Å². The number of aryl methyl sites for hydroxylation is 1. The summed E-state index contributed by atoms with van der Waals surface area (Å²) in [6.45, 7) is 2.40. The van der Waals surface area contributed by atoms with E-state index in [1.54, 1.807) is 16.7 Å². The van der Waals surface area contributed by atoms with Crippen molar-refractivity contribution in [2.24, 2.45) is 0 Å². The Balaban J connectivity index is 2.04. The van der Waals surface area contributed by atoms with Crippen LogP contribution in [0.15, 0.2) is 23.1 Å². The Kier molecular flexibility index (Phi) is 4.11. The maximum atomic E-state index is 12.6. The van der Waals surface area contributed by atoms with Crippen molar-refractivity contribution in [1.82, 2.24) is 9.88 Å². The zero-order chi connectivity index (χ0) is 17.3. The molecule has 0 unspecified atom stereocenters. The number of fused-ring (bicyclic) bond motifs is 2. The van der Waals surface area contributed by atoms with Crippen LogP contribution in [0.5, 0.6) is 11.5 Å². The Morgan fingerprint density at radius 2 is 2.00 bits per heavy atom. The molecule has 1 aromatic carbocycles. The highest BCUT2D eigenvalue weighted by atomic mass is 16.7. The predicted molar refractivity (Wildman–Crippen MR) is 82.0 cm³/mol. The fourth-order valence-electron chi connectivity index (χ4n) is 2.58. The molecule has 0 saturated carbocycles. The Bertz CT molecular complexity index is 886. The Morgan fingerprint density at radius 3 is 2.67 bits per heavy atom. The quantitative estimate of drug-likeness (QED) is 0.800. The van der Waals surface area contributed by atoms with Crippen molar-refractivity contribution in [3.05, 3.63) is 34.1 Å². The molecule has 0 fully saturated rings. The van der Waals surface area contributed by atoms with Crippen molar-refractivity contribution in [2.45, 2.75) is 19.9 Å². The maximum absolute atomic E-state index is 12.6. The molecule has 1 amide bonds. The molecule has 0 atom stereocenters. The van der Waals surface area contributed by atoms with Crippen LogP contribution in [0.3, 0.4) is 0 Å². The van der Waals surface area contributed by atoms with Crippen molar-refractivity contribution in [3.63, 3.8) is 0 Å². The molecule has 2 heterocycles. The van der Waals surface area contributed by atoms with Crippen LogP contribution in [0.25, 0.3) is 10.9 Å². The predicted octanol–water partition coefficient (Wildman–Crippen LogP) is -0.380. The van der Waals surface area contributed by atoms with Crippen LogP contribution in [0.4, 0.5) is 0 Å². The molecule has 1 aliphatic rings. The number of aliphatic carboxylic acids is 1. The normalized spacial score (nSPS) is 12.4. The van der Waals surface area contributed by atoms with E-state index in [1.807, 2.05) is 6.92 Å². The Morgan fingerprint density at radius 1 is 1.29 bits per heavy atom. The van der Waals surface area contributed by atoms with Gasteiger partial charge in [-0.05, 0) is 13.0 Å². The first kappa shape index (κ1) is 15.9. The van der Waals surface area contributed by atoms with Gasteiger partial charge in [-0.2, -0.15) is 0 Å². The van der Waals surface area contributed by atoms with Gasteiger partial charge in [-0.1, -0.05) is 0 Å². The first-order chi connectivity index (χ1) is 11.5. The summed E-state index contributed by atoms with van der Waals surface area (Å²) in [7, 11) is 0. The van der Waals surface area contributed by atoms with Crippen LogP contribution in [0, 0.1) is 0 Å². The lowest BCUT2D eigenvalue weighted by Crippen LogP contribution is -2.33. The van der Waals surface area contributed by atoms with E-state index in [2.05, 4.69) is 5.32 Å². The SMILES string of the molecule is CCn1cc(C(=O)NCCC(=O)[O-])c(=O)c2cc3c(cc21)OCO3. The number of ether oxygens (including phenoxy) is 2. The van der Waals surface area contributed by atoms with Crippen molar-refractivity contribution in [3.8, 4) is 11.5 Å². The lowest BCUT2D eigenvalue weighted by atomic mass is 10.1. The van der Waals surface area contributed by atoms with Gasteiger partial charge in [0.1, 0.15) is 5.56 Å². The molecule has 8 heteroatoms. The molecule has 3 rings (SSSR count). The summed E-state index contributed by atoms with van der Waals surface area (Å²) in [5, 5.41) is 13.2. The summed E-state index contributed by atoms with van der Waals surface area (Å²) in [6.07, 6.45) is 1.14. The van der Waals surface area contributed by atoms with Gasteiger partial charge >= 0.3 is 0 Å². The third kappa shape index (κ3) is 2.78. The van der Waals surface area contributed by atoms with E-state index in [0.717, 1.165) is 0 Å². The fourth-order valence-corrected chi connectivity index (χ4v) is 2.58. The van der Waals surface area contributed by atoms with Crippen molar-refractivity contribution < 1.29 is 24.2 Å². The summed E-state index contributed by atoms with van der Waals surface area (Å²) in [5.41, 5.74) is 0.138. The van der Waals surface area contributed by atoms with Gasteiger partial charge in [0.15, 0.2) is 11.5 Å². The molecule has 1 aliphatic heterocycles. The minimum Gasteiger partial charge on any atom is -0.550 e. The lowest BCUT2D eigenvalue weighted by molar-refractivity contribution is -0.305. The van der Waals surface area contributed by atoms with E-state index in [0.29, 0.717) is 28.9 Å². The molecule has 126 valence electrons. The lowest BCUT2D eigenvalue weighted by Gasteiger charge is -2.12. The van der Waals surface area contributed by atoms with Crippen molar-refractivity contribution in [2.75, 3.05) is 13.3 Å². The second-order valence-electron chi connectivity index (χ2n) is 5.26. The monoisotopic (exact) mass is 331 g/mol. The number of hydrogen-bond donors (Lipinski definition) is 1. The second kappa shape index (κ2) is 6.23.